The summed E-state index contributed by atoms with van der Waals surface area (Å²) in [6.45, 7) is 2.47. The summed E-state index contributed by atoms with van der Waals surface area (Å²) in [5, 5.41) is 11.6. The van der Waals surface area contributed by atoms with E-state index in [1.165, 1.54) is 12.1 Å². The van der Waals surface area contributed by atoms with Gasteiger partial charge in [-0.15, -0.1) is 5.10 Å². The summed E-state index contributed by atoms with van der Waals surface area (Å²) < 4.78 is 20.5. The van der Waals surface area contributed by atoms with Crippen molar-refractivity contribution in [1.82, 2.24) is 20.3 Å². The predicted octanol–water partition coefficient (Wildman–Crippen LogP) is 2.73. The zero-order valence-electron chi connectivity index (χ0n) is 13.0. The van der Waals surface area contributed by atoms with E-state index in [1.807, 2.05) is 30.5 Å². The molecule has 1 atom stereocenters. The molecule has 5 nitrogen and oxygen atoms in total. The maximum absolute atomic E-state index is 13.0. The molecule has 122 valence electrons. The lowest BCUT2D eigenvalue weighted by atomic mass is 10.1. The van der Waals surface area contributed by atoms with Gasteiger partial charge in [0.25, 0.3) is 0 Å². The lowest BCUT2D eigenvalue weighted by Gasteiger charge is -2.24. The van der Waals surface area contributed by atoms with Gasteiger partial charge in [0.2, 0.25) is 0 Å². The molecular formula is C18H17FN4O. The van der Waals surface area contributed by atoms with E-state index < -0.39 is 0 Å². The van der Waals surface area contributed by atoms with Gasteiger partial charge in [-0.3, -0.25) is 0 Å². The molecule has 0 unspecified atom stereocenters. The van der Waals surface area contributed by atoms with Gasteiger partial charge in [-0.25, -0.2) is 9.07 Å². The first-order valence-electron chi connectivity index (χ1n) is 7.90. The molecule has 1 aliphatic rings. The Labute approximate surface area is 139 Å². The Kier molecular flexibility index (Phi) is 4.06. The fourth-order valence-electron chi connectivity index (χ4n) is 2.76. The molecule has 0 aliphatic carbocycles. The molecule has 24 heavy (non-hydrogen) atoms. The number of rotatable bonds is 3. The van der Waals surface area contributed by atoms with E-state index in [9.17, 15) is 4.39 Å². The van der Waals surface area contributed by atoms with Crippen molar-refractivity contribution in [3.8, 4) is 16.9 Å². The molecule has 4 rings (SSSR count). The zero-order chi connectivity index (χ0) is 16.4. The second kappa shape index (κ2) is 6.51. The normalized spacial score (nSPS) is 17.8. The van der Waals surface area contributed by atoms with Crippen LogP contribution < -0.4 is 5.32 Å². The van der Waals surface area contributed by atoms with Crippen LogP contribution in [0, 0.1) is 5.82 Å². The largest absolute Gasteiger partial charge is 0.371 e. The summed E-state index contributed by atoms with van der Waals surface area (Å²) >= 11 is 0. The molecule has 1 N–H and O–H groups in total. The number of nitrogens with one attached hydrogen (secondary N) is 1. The van der Waals surface area contributed by atoms with Crippen molar-refractivity contribution >= 4 is 0 Å². The summed E-state index contributed by atoms with van der Waals surface area (Å²) in [6, 6.07) is 14.3. The summed E-state index contributed by atoms with van der Waals surface area (Å²) in [4.78, 5) is 0. The Balaban J connectivity index is 1.54. The van der Waals surface area contributed by atoms with Crippen LogP contribution in [0.15, 0.2) is 54.7 Å². The Morgan fingerprint density at radius 3 is 2.58 bits per heavy atom. The lowest BCUT2D eigenvalue weighted by Crippen LogP contribution is -2.33. The molecule has 2 aromatic carbocycles. The van der Waals surface area contributed by atoms with Crippen molar-refractivity contribution in [3.05, 3.63) is 66.1 Å². The van der Waals surface area contributed by atoms with E-state index in [-0.39, 0.29) is 11.9 Å². The summed E-state index contributed by atoms with van der Waals surface area (Å²) in [6.07, 6.45) is 1.93. The molecule has 0 radical (unpaired) electrons. The number of ether oxygens (including phenoxy) is 1. The molecule has 0 bridgehead atoms. The number of hydrogen-bond acceptors (Lipinski definition) is 4. The van der Waals surface area contributed by atoms with Gasteiger partial charge in [0.05, 0.1) is 24.6 Å². The van der Waals surface area contributed by atoms with Crippen LogP contribution >= 0.6 is 0 Å². The van der Waals surface area contributed by atoms with Crippen LogP contribution in [0.4, 0.5) is 4.39 Å². The highest BCUT2D eigenvalue weighted by Gasteiger charge is 2.15. The highest BCUT2D eigenvalue weighted by molar-refractivity contribution is 5.58. The van der Waals surface area contributed by atoms with E-state index in [0.717, 1.165) is 36.5 Å². The Bertz CT molecular complexity index is 808. The number of benzene rings is 2. The molecule has 1 fully saturated rings. The summed E-state index contributed by atoms with van der Waals surface area (Å²) in [5.41, 5.74) is 3.60. The van der Waals surface area contributed by atoms with Gasteiger partial charge in [-0.1, -0.05) is 17.3 Å². The number of aromatic nitrogens is 3. The maximum Gasteiger partial charge on any atom is 0.123 e. The second-order valence-electron chi connectivity index (χ2n) is 5.71. The van der Waals surface area contributed by atoms with Crippen molar-refractivity contribution in [2.24, 2.45) is 0 Å². The third-order valence-electron chi connectivity index (χ3n) is 4.09. The van der Waals surface area contributed by atoms with Crippen molar-refractivity contribution in [2.45, 2.75) is 6.10 Å². The molecule has 3 aromatic rings. The molecule has 0 amide bonds. The molecular weight excluding hydrogens is 307 g/mol. The van der Waals surface area contributed by atoms with Gasteiger partial charge in [-0.05, 0) is 42.0 Å². The van der Waals surface area contributed by atoms with Gasteiger partial charge in [0.1, 0.15) is 11.5 Å². The maximum atomic E-state index is 13.0. The van der Waals surface area contributed by atoms with E-state index in [1.54, 1.807) is 16.8 Å². The minimum absolute atomic E-state index is 0.0957. The van der Waals surface area contributed by atoms with Crippen LogP contribution in [0.3, 0.4) is 0 Å². The SMILES string of the molecule is Fc1ccc(-c2cn(-c3ccc([C@H]4CNCCO4)cc3)nn2)cc1. The minimum Gasteiger partial charge on any atom is -0.371 e. The quantitative estimate of drug-likeness (QED) is 0.805. The van der Waals surface area contributed by atoms with Gasteiger partial charge >= 0.3 is 0 Å². The monoisotopic (exact) mass is 324 g/mol. The fourth-order valence-corrected chi connectivity index (χ4v) is 2.76. The van der Waals surface area contributed by atoms with E-state index >= 15 is 0 Å². The lowest BCUT2D eigenvalue weighted by molar-refractivity contribution is 0.0277. The van der Waals surface area contributed by atoms with Crippen LogP contribution in [-0.4, -0.2) is 34.7 Å². The third-order valence-corrected chi connectivity index (χ3v) is 4.09. The second-order valence-corrected chi connectivity index (χ2v) is 5.71. The topological polar surface area (TPSA) is 52.0 Å². The fraction of sp³-hybridized carbons (Fsp3) is 0.222. The molecule has 0 spiro atoms. The van der Waals surface area contributed by atoms with Crippen LogP contribution in [0.2, 0.25) is 0 Å². The van der Waals surface area contributed by atoms with Crippen molar-refractivity contribution < 1.29 is 9.13 Å². The third kappa shape index (κ3) is 3.06. The van der Waals surface area contributed by atoms with Crippen LogP contribution in [0.25, 0.3) is 16.9 Å². The predicted molar refractivity (Wildman–Crippen MR) is 88.3 cm³/mol. The minimum atomic E-state index is -0.263. The van der Waals surface area contributed by atoms with E-state index in [4.69, 9.17) is 4.74 Å². The van der Waals surface area contributed by atoms with E-state index in [2.05, 4.69) is 15.6 Å². The van der Waals surface area contributed by atoms with E-state index in [0.29, 0.717) is 5.69 Å². The highest BCUT2D eigenvalue weighted by atomic mass is 19.1. The van der Waals surface area contributed by atoms with Gasteiger partial charge in [-0.2, -0.15) is 0 Å². The smallest absolute Gasteiger partial charge is 0.123 e. The Morgan fingerprint density at radius 2 is 1.88 bits per heavy atom. The van der Waals surface area contributed by atoms with Crippen molar-refractivity contribution in [2.75, 3.05) is 19.7 Å². The summed E-state index contributed by atoms with van der Waals surface area (Å²) in [7, 11) is 0. The molecule has 6 heteroatoms. The van der Waals surface area contributed by atoms with Crippen LogP contribution in [0.1, 0.15) is 11.7 Å². The molecule has 0 saturated carbocycles. The van der Waals surface area contributed by atoms with Gasteiger partial charge in [0.15, 0.2) is 0 Å². The number of morpholine rings is 1. The first-order valence-corrected chi connectivity index (χ1v) is 7.90. The van der Waals surface area contributed by atoms with Crippen molar-refractivity contribution in [3.63, 3.8) is 0 Å². The Morgan fingerprint density at radius 1 is 1.08 bits per heavy atom. The molecule has 1 aliphatic heterocycles. The average molecular weight is 324 g/mol. The molecule has 1 aromatic heterocycles. The summed E-state index contributed by atoms with van der Waals surface area (Å²) in [5.74, 6) is -0.263. The van der Waals surface area contributed by atoms with Crippen molar-refractivity contribution in [1.29, 1.82) is 0 Å². The zero-order valence-corrected chi connectivity index (χ0v) is 13.0. The van der Waals surface area contributed by atoms with Gasteiger partial charge < -0.3 is 10.1 Å². The highest BCUT2D eigenvalue weighted by Crippen LogP contribution is 2.21. The standard InChI is InChI=1S/C18H17FN4O/c19-15-5-1-13(2-6-15)17-12-23(22-21-17)16-7-3-14(4-8-16)18-11-20-9-10-24-18/h1-8,12,18,20H,9-11H2/t18-/m1/s1. The number of nitrogens with zero attached hydrogens (tertiary/aromatic N) is 3. The Hall–Kier alpha value is -2.57. The average Bonchev–Trinajstić information content (AvgIpc) is 3.13. The molecule has 2 heterocycles. The van der Waals surface area contributed by atoms with Crippen LogP contribution in [0.5, 0.6) is 0 Å². The van der Waals surface area contributed by atoms with Crippen LogP contribution in [-0.2, 0) is 4.74 Å². The number of hydrogen-bond donors (Lipinski definition) is 1. The number of halogens is 1. The molecule has 1 saturated heterocycles. The van der Waals surface area contributed by atoms with Gasteiger partial charge in [0, 0.05) is 18.7 Å². The first kappa shape index (κ1) is 15.0. The first-order chi connectivity index (χ1) is 11.8.